The van der Waals surface area contributed by atoms with Gasteiger partial charge in [-0.2, -0.15) is 0 Å². The van der Waals surface area contributed by atoms with E-state index in [9.17, 15) is 4.79 Å². The van der Waals surface area contributed by atoms with Crippen molar-refractivity contribution in [2.24, 2.45) is 16.7 Å². The first-order valence-electron chi connectivity index (χ1n) is 11.6. The van der Waals surface area contributed by atoms with Crippen LogP contribution in [-0.2, 0) is 9.53 Å². The summed E-state index contributed by atoms with van der Waals surface area (Å²) >= 11 is 0. The molecule has 0 amide bonds. The molecule has 26 heavy (non-hydrogen) atoms. The van der Waals surface area contributed by atoms with E-state index in [0.29, 0.717) is 11.8 Å². The minimum absolute atomic E-state index is 0.0514. The van der Waals surface area contributed by atoms with Gasteiger partial charge >= 0.3 is 5.97 Å². The predicted molar refractivity (Wildman–Crippen MR) is 110 cm³/mol. The molecule has 0 heterocycles. The third-order valence-electron chi connectivity index (χ3n) is 7.97. The molecule has 3 unspecified atom stereocenters. The van der Waals surface area contributed by atoms with Gasteiger partial charge in [0.2, 0.25) is 0 Å². The Morgan fingerprint density at radius 1 is 0.885 bits per heavy atom. The summed E-state index contributed by atoms with van der Waals surface area (Å²) in [4.78, 5) is 12.3. The van der Waals surface area contributed by atoms with Crippen molar-refractivity contribution in [3.8, 4) is 0 Å². The zero-order valence-electron chi connectivity index (χ0n) is 18.1. The van der Waals surface area contributed by atoms with Crippen molar-refractivity contribution >= 4 is 5.97 Å². The Labute approximate surface area is 162 Å². The van der Waals surface area contributed by atoms with Crippen LogP contribution in [0.1, 0.15) is 124 Å². The second-order valence-corrected chi connectivity index (χ2v) is 9.87. The highest BCUT2D eigenvalue weighted by Gasteiger charge is 2.62. The van der Waals surface area contributed by atoms with Crippen LogP contribution in [0.3, 0.4) is 0 Å². The Hall–Kier alpha value is -0.530. The van der Waals surface area contributed by atoms with Gasteiger partial charge in [0.1, 0.15) is 6.10 Å². The maximum atomic E-state index is 12.3. The molecule has 152 valence electrons. The van der Waals surface area contributed by atoms with E-state index in [1.807, 2.05) is 0 Å². The monoisotopic (exact) mass is 364 g/mol. The van der Waals surface area contributed by atoms with Gasteiger partial charge in [-0.25, -0.2) is 0 Å². The predicted octanol–water partition coefficient (Wildman–Crippen LogP) is 7.45. The van der Waals surface area contributed by atoms with Crippen LogP contribution in [0, 0.1) is 16.7 Å². The molecule has 2 aliphatic rings. The van der Waals surface area contributed by atoms with Crippen molar-refractivity contribution in [1.29, 1.82) is 0 Å². The number of fused-ring (bicyclic) bond motifs is 2. The average molecular weight is 365 g/mol. The summed E-state index contributed by atoms with van der Waals surface area (Å²) in [6.07, 6.45) is 18.9. The minimum Gasteiger partial charge on any atom is -0.462 e. The van der Waals surface area contributed by atoms with Gasteiger partial charge in [0, 0.05) is 11.8 Å². The fraction of sp³-hybridized carbons (Fsp3) is 0.958. The molecule has 0 aromatic heterocycles. The maximum absolute atomic E-state index is 12.3. The molecule has 0 aliphatic heterocycles. The van der Waals surface area contributed by atoms with E-state index in [1.165, 1.54) is 77.0 Å². The van der Waals surface area contributed by atoms with Gasteiger partial charge in [0.05, 0.1) is 0 Å². The Kier molecular flexibility index (Phi) is 8.48. The van der Waals surface area contributed by atoms with Gasteiger partial charge in [-0.3, -0.25) is 4.79 Å². The SMILES string of the molecule is CCCCCCCCCCCCCC(=O)OC1CC2CCC1(C)C2(C)C. The first kappa shape index (κ1) is 21.8. The Morgan fingerprint density at radius 3 is 1.88 bits per heavy atom. The zero-order chi connectivity index (χ0) is 19.0. The summed E-state index contributed by atoms with van der Waals surface area (Å²) in [7, 11) is 0. The summed E-state index contributed by atoms with van der Waals surface area (Å²) in [6, 6.07) is 0. The minimum atomic E-state index is 0.0514. The van der Waals surface area contributed by atoms with E-state index in [-0.39, 0.29) is 17.5 Å². The molecule has 0 N–H and O–H groups in total. The number of hydrogen-bond donors (Lipinski definition) is 0. The van der Waals surface area contributed by atoms with Crippen molar-refractivity contribution < 1.29 is 9.53 Å². The maximum Gasteiger partial charge on any atom is 0.306 e. The molecule has 2 fully saturated rings. The largest absolute Gasteiger partial charge is 0.462 e. The summed E-state index contributed by atoms with van der Waals surface area (Å²) in [5.41, 5.74) is 0.527. The molecule has 0 spiro atoms. The molecule has 0 aromatic rings. The van der Waals surface area contributed by atoms with Gasteiger partial charge in [-0.05, 0) is 37.0 Å². The normalized spacial score (nSPS) is 29.2. The van der Waals surface area contributed by atoms with Crippen LogP contribution in [-0.4, -0.2) is 12.1 Å². The third-order valence-corrected chi connectivity index (χ3v) is 7.97. The quantitative estimate of drug-likeness (QED) is 0.250. The molecular formula is C24H44O2. The first-order chi connectivity index (χ1) is 12.4. The van der Waals surface area contributed by atoms with E-state index in [1.54, 1.807) is 0 Å². The second kappa shape index (κ2) is 10.1. The number of ether oxygens (including phenoxy) is 1. The van der Waals surface area contributed by atoms with Gasteiger partial charge < -0.3 is 4.74 Å². The van der Waals surface area contributed by atoms with Crippen molar-refractivity contribution in [2.45, 2.75) is 130 Å². The number of rotatable bonds is 13. The van der Waals surface area contributed by atoms with Crippen molar-refractivity contribution in [1.82, 2.24) is 0 Å². The Bertz CT molecular complexity index is 428. The molecular weight excluding hydrogens is 320 g/mol. The second-order valence-electron chi connectivity index (χ2n) is 9.87. The van der Waals surface area contributed by atoms with Gasteiger partial charge in [0.15, 0.2) is 0 Å². The molecule has 2 bridgehead atoms. The fourth-order valence-electron chi connectivity index (χ4n) is 5.46. The fourth-order valence-corrected chi connectivity index (χ4v) is 5.46. The number of carbonyl (C=O) groups excluding carboxylic acids is 1. The van der Waals surface area contributed by atoms with E-state index < -0.39 is 0 Å². The molecule has 2 rings (SSSR count). The van der Waals surface area contributed by atoms with Crippen molar-refractivity contribution in [3.05, 3.63) is 0 Å². The van der Waals surface area contributed by atoms with E-state index in [4.69, 9.17) is 4.74 Å². The van der Waals surface area contributed by atoms with Crippen LogP contribution in [0.15, 0.2) is 0 Å². The van der Waals surface area contributed by atoms with Crippen LogP contribution >= 0.6 is 0 Å². The van der Waals surface area contributed by atoms with Crippen molar-refractivity contribution in [2.75, 3.05) is 0 Å². The van der Waals surface area contributed by atoms with Crippen LogP contribution < -0.4 is 0 Å². The van der Waals surface area contributed by atoms with Crippen LogP contribution in [0.4, 0.5) is 0 Å². The summed E-state index contributed by atoms with van der Waals surface area (Å²) in [5.74, 6) is 0.794. The van der Waals surface area contributed by atoms with Crippen LogP contribution in [0.5, 0.6) is 0 Å². The lowest BCUT2D eigenvalue weighted by Crippen LogP contribution is -2.38. The lowest BCUT2D eigenvalue weighted by atomic mass is 9.70. The molecule has 0 aromatic carbocycles. The molecule has 3 atom stereocenters. The van der Waals surface area contributed by atoms with Gasteiger partial charge in [0.25, 0.3) is 0 Å². The summed E-state index contributed by atoms with van der Waals surface area (Å²) < 4.78 is 5.94. The van der Waals surface area contributed by atoms with Gasteiger partial charge in [-0.1, -0.05) is 91.9 Å². The number of carbonyl (C=O) groups is 1. The average Bonchev–Trinajstić information content (AvgIpc) is 2.93. The lowest BCUT2D eigenvalue weighted by Gasteiger charge is -2.38. The van der Waals surface area contributed by atoms with Crippen LogP contribution in [0.2, 0.25) is 0 Å². The first-order valence-corrected chi connectivity index (χ1v) is 11.6. The lowest BCUT2D eigenvalue weighted by molar-refractivity contribution is -0.157. The third kappa shape index (κ3) is 5.26. The van der Waals surface area contributed by atoms with Gasteiger partial charge in [-0.15, -0.1) is 0 Å². The Balaban J connectivity index is 1.48. The standard InChI is InChI=1S/C24H44O2/c1-5-6-7-8-9-10-11-12-13-14-15-16-22(25)26-21-19-20-17-18-24(21,4)23(20,2)3/h20-21H,5-19H2,1-4H3. The Morgan fingerprint density at radius 2 is 1.42 bits per heavy atom. The van der Waals surface area contributed by atoms with E-state index in [0.717, 1.165) is 18.8 Å². The number of esters is 1. The number of hydrogen-bond acceptors (Lipinski definition) is 2. The topological polar surface area (TPSA) is 26.3 Å². The summed E-state index contributed by atoms with van der Waals surface area (Å²) in [5, 5.41) is 0. The number of unbranched alkanes of at least 4 members (excludes halogenated alkanes) is 10. The summed E-state index contributed by atoms with van der Waals surface area (Å²) in [6.45, 7) is 9.37. The molecule has 2 heteroatoms. The molecule has 0 radical (unpaired) electrons. The van der Waals surface area contributed by atoms with Crippen molar-refractivity contribution in [3.63, 3.8) is 0 Å². The van der Waals surface area contributed by atoms with E-state index in [2.05, 4.69) is 27.7 Å². The van der Waals surface area contributed by atoms with E-state index >= 15 is 0 Å². The molecule has 2 nitrogen and oxygen atoms in total. The highest BCUT2D eigenvalue weighted by atomic mass is 16.5. The molecule has 0 saturated heterocycles. The highest BCUT2D eigenvalue weighted by molar-refractivity contribution is 5.69. The van der Waals surface area contributed by atoms with Crippen LogP contribution in [0.25, 0.3) is 0 Å². The molecule has 2 aliphatic carbocycles. The smallest absolute Gasteiger partial charge is 0.306 e. The highest BCUT2D eigenvalue weighted by Crippen LogP contribution is 2.66. The molecule has 2 saturated carbocycles. The zero-order valence-corrected chi connectivity index (χ0v) is 18.1.